The Morgan fingerprint density at radius 2 is 1.69 bits per heavy atom. The van der Waals surface area contributed by atoms with E-state index in [1.807, 2.05) is 30.9 Å². The number of rotatable bonds is 7. The summed E-state index contributed by atoms with van der Waals surface area (Å²) in [4.78, 5) is 28.7. The summed E-state index contributed by atoms with van der Waals surface area (Å²) in [5.41, 5.74) is 1.02. The molecule has 1 heterocycles. The molecule has 32 heavy (non-hydrogen) atoms. The van der Waals surface area contributed by atoms with E-state index in [0.717, 1.165) is 68.6 Å². The average Bonchev–Trinajstić information content (AvgIpc) is 3.23. The van der Waals surface area contributed by atoms with Crippen LogP contribution in [0.2, 0.25) is 0 Å². The summed E-state index contributed by atoms with van der Waals surface area (Å²) in [6.45, 7) is 5.38. The lowest BCUT2D eigenvalue weighted by atomic mass is 9.49. The molecular formula is C27H38N2O3. The van der Waals surface area contributed by atoms with Gasteiger partial charge in [-0.25, -0.2) is 0 Å². The highest BCUT2D eigenvalue weighted by Crippen LogP contribution is 2.60. The second-order valence-electron chi connectivity index (χ2n) is 11.2. The molecule has 2 amide bonds. The molecule has 5 fully saturated rings. The molecule has 1 atom stereocenters. The molecule has 174 valence electrons. The molecule has 0 aromatic heterocycles. The van der Waals surface area contributed by atoms with Crippen molar-refractivity contribution in [2.75, 3.05) is 13.1 Å². The maximum Gasteiger partial charge on any atom is 0.242 e. The first kappa shape index (κ1) is 21.8. The Bertz CT molecular complexity index is 812. The first-order valence-electron chi connectivity index (χ1n) is 12.8. The zero-order valence-corrected chi connectivity index (χ0v) is 19.6. The van der Waals surface area contributed by atoms with Gasteiger partial charge in [0.15, 0.2) is 0 Å². The smallest absolute Gasteiger partial charge is 0.242 e. The highest BCUT2D eigenvalue weighted by atomic mass is 16.5. The van der Waals surface area contributed by atoms with E-state index in [1.165, 1.54) is 24.8 Å². The van der Waals surface area contributed by atoms with Crippen molar-refractivity contribution in [1.82, 2.24) is 10.2 Å². The summed E-state index contributed by atoms with van der Waals surface area (Å²) in [7, 11) is 0. The highest BCUT2D eigenvalue weighted by Gasteiger charge is 2.56. The molecule has 4 aliphatic carbocycles. The van der Waals surface area contributed by atoms with Gasteiger partial charge in [0, 0.05) is 13.1 Å². The Morgan fingerprint density at radius 3 is 2.28 bits per heavy atom. The maximum absolute atomic E-state index is 13.8. The number of hydrogen-bond donors (Lipinski definition) is 1. The fraction of sp³-hybridized carbons (Fsp3) is 0.704. The molecule has 4 saturated carbocycles. The van der Waals surface area contributed by atoms with E-state index in [1.54, 1.807) is 0 Å². The van der Waals surface area contributed by atoms with Gasteiger partial charge in [-0.15, -0.1) is 0 Å². The Morgan fingerprint density at radius 1 is 1.06 bits per heavy atom. The van der Waals surface area contributed by atoms with Crippen LogP contribution in [0.4, 0.5) is 0 Å². The zero-order chi connectivity index (χ0) is 22.3. The van der Waals surface area contributed by atoms with Crippen molar-refractivity contribution >= 4 is 11.8 Å². The monoisotopic (exact) mass is 438 g/mol. The standard InChI is InChI=1S/C27H38N2O3/c1-18(2)32-23-7-5-19(6-8-23)9-10-28-25(30)24-4-3-11-29(24)26(31)27-15-20-12-21(16-27)14-22(13-20)17-27/h5-8,18,20-22,24H,3-4,9-17H2,1-2H3,(H,28,30). The highest BCUT2D eigenvalue weighted by molar-refractivity contribution is 5.91. The van der Waals surface area contributed by atoms with E-state index in [9.17, 15) is 9.59 Å². The third kappa shape index (κ3) is 4.27. The third-order valence-electron chi connectivity index (χ3n) is 8.32. The molecule has 6 rings (SSSR count). The normalized spacial score (nSPS) is 33.0. The van der Waals surface area contributed by atoms with Crippen LogP contribution in [0.15, 0.2) is 24.3 Å². The number of carbonyl (C=O) groups is 2. The van der Waals surface area contributed by atoms with Gasteiger partial charge >= 0.3 is 0 Å². The molecule has 1 saturated heterocycles. The molecule has 1 unspecified atom stereocenters. The van der Waals surface area contributed by atoms with Crippen molar-refractivity contribution in [2.45, 2.75) is 83.8 Å². The van der Waals surface area contributed by atoms with E-state index in [4.69, 9.17) is 4.74 Å². The van der Waals surface area contributed by atoms with Gasteiger partial charge in [0.2, 0.25) is 11.8 Å². The van der Waals surface area contributed by atoms with Crippen LogP contribution < -0.4 is 10.1 Å². The SMILES string of the molecule is CC(C)Oc1ccc(CCNC(=O)C2CCCN2C(=O)C23CC4CC(CC(C4)C2)C3)cc1. The van der Waals surface area contributed by atoms with Crippen LogP contribution in [-0.4, -0.2) is 41.9 Å². The van der Waals surface area contributed by atoms with Crippen LogP contribution in [0.25, 0.3) is 0 Å². The lowest BCUT2D eigenvalue weighted by molar-refractivity contribution is -0.160. The van der Waals surface area contributed by atoms with Gasteiger partial charge in [0.25, 0.3) is 0 Å². The number of amides is 2. The summed E-state index contributed by atoms with van der Waals surface area (Å²) in [5.74, 6) is 3.44. The second kappa shape index (κ2) is 8.72. The number of hydrogen-bond acceptors (Lipinski definition) is 3. The van der Waals surface area contributed by atoms with Crippen molar-refractivity contribution in [3.8, 4) is 5.75 Å². The Balaban J connectivity index is 1.16. The molecule has 1 aromatic carbocycles. The molecule has 5 heteroatoms. The minimum atomic E-state index is -0.280. The predicted molar refractivity (Wildman–Crippen MR) is 124 cm³/mol. The molecule has 4 bridgehead atoms. The van der Waals surface area contributed by atoms with Crippen LogP contribution in [0, 0.1) is 23.2 Å². The quantitative estimate of drug-likeness (QED) is 0.689. The van der Waals surface area contributed by atoms with Gasteiger partial charge in [-0.1, -0.05) is 12.1 Å². The summed E-state index contributed by atoms with van der Waals surface area (Å²) in [5, 5.41) is 3.11. The van der Waals surface area contributed by atoms with Crippen molar-refractivity contribution < 1.29 is 14.3 Å². The number of likely N-dealkylation sites (tertiary alicyclic amines) is 1. The average molecular weight is 439 g/mol. The van der Waals surface area contributed by atoms with E-state index in [2.05, 4.69) is 17.4 Å². The molecule has 1 N–H and O–H groups in total. The van der Waals surface area contributed by atoms with E-state index in [0.29, 0.717) is 12.5 Å². The van der Waals surface area contributed by atoms with Crippen LogP contribution in [0.3, 0.4) is 0 Å². The zero-order valence-electron chi connectivity index (χ0n) is 19.6. The number of ether oxygens (including phenoxy) is 1. The summed E-state index contributed by atoms with van der Waals surface area (Å²) in [6.07, 6.45) is 9.89. The predicted octanol–water partition coefficient (Wildman–Crippen LogP) is 4.34. The fourth-order valence-electron chi connectivity index (χ4n) is 7.41. The van der Waals surface area contributed by atoms with Crippen LogP contribution in [-0.2, 0) is 16.0 Å². The molecule has 1 aliphatic heterocycles. The van der Waals surface area contributed by atoms with Crippen molar-refractivity contribution in [1.29, 1.82) is 0 Å². The fourth-order valence-corrected chi connectivity index (χ4v) is 7.41. The Kier molecular flexibility index (Phi) is 5.94. The van der Waals surface area contributed by atoms with Gasteiger partial charge in [-0.3, -0.25) is 9.59 Å². The van der Waals surface area contributed by atoms with Gasteiger partial charge < -0.3 is 15.0 Å². The number of carbonyl (C=O) groups excluding carboxylic acids is 2. The summed E-state index contributed by atoms with van der Waals surface area (Å²) < 4.78 is 5.69. The second-order valence-corrected chi connectivity index (χ2v) is 11.2. The third-order valence-corrected chi connectivity index (χ3v) is 8.32. The number of benzene rings is 1. The molecule has 0 spiro atoms. The van der Waals surface area contributed by atoms with E-state index < -0.39 is 0 Å². The van der Waals surface area contributed by atoms with E-state index in [-0.39, 0.29) is 23.5 Å². The largest absolute Gasteiger partial charge is 0.491 e. The minimum absolute atomic E-state index is 0.0281. The van der Waals surface area contributed by atoms with Gasteiger partial charge in [-0.05, 0) is 107 Å². The number of nitrogens with one attached hydrogen (secondary N) is 1. The van der Waals surface area contributed by atoms with Crippen molar-refractivity contribution in [3.05, 3.63) is 29.8 Å². The minimum Gasteiger partial charge on any atom is -0.491 e. The van der Waals surface area contributed by atoms with Crippen LogP contribution in [0.1, 0.15) is 70.8 Å². The summed E-state index contributed by atoms with van der Waals surface area (Å²) >= 11 is 0. The molecular weight excluding hydrogens is 400 g/mol. The van der Waals surface area contributed by atoms with Crippen molar-refractivity contribution in [2.24, 2.45) is 23.2 Å². The molecule has 1 aromatic rings. The van der Waals surface area contributed by atoms with E-state index >= 15 is 0 Å². The lowest BCUT2D eigenvalue weighted by Crippen LogP contribution is -2.57. The molecule has 0 radical (unpaired) electrons. The molecule has 5 nitrogen and oxygen atoms in total. The lowest BCUT2D eigenvalue weighted by Gasteiger charge is -2.56. The number of nitrogens with zero attached hydrogens (tertiary/aromatic N) is 1. The Hall–Kier alpha value is -2.04. The first-order valence-corrected chi connectivity index (χ1v) is 12.8. The first-order chi connectivity index (χ1) is 15.4. The van der Waals surface area contributed by atoms with Crippen LogP contribution >= 0.6 is 0 Å². The van der Waals surface area contributed by atoms with Gasteiger partial charge in [0.1, 0.15) is 11.8 Å². The summed E-state index contributed by atoms with van der Waals surface area (Å²) in [6, 6.07) is 7.81. The van der Waals surface area contributed by atoms with Gasteiger partial charge in [0.05, 0.1) is 11.5 Å². The Labute approximate surface area is 192 Å². The van der Waals surface area contributed by atoms with Gasteiger partial charge in [-0.2, -0.15) is 0 Å². The maximum atomic E-state index is 13.8. The topological polar surface area (TPSA) is 58.6 Å². The molecule has 5 aliphatic rings. The van der Waals surface area contributed by atoms with Crippen LogP contribution in [0.5, 0.6) is 5.75 Å². The van der Waals surface area contributed by atoms with Crippen molar-refractivity contribution in [3.63, 3.8) is 0 Å².